The predicted octanol–water partition coefficient (Wildman–Crippen LogP) is 3.31. The van der Waals surface area contributed by atoms with Crippen LogP contribution in [0.25, 0.3) is 0 Å². The third-order valence-electron chi connectivity index (χ3n) is 5.29. The van der Waals surface area contributed by atoms with Crippen LogP contribution in [0.15, 0.2) is 35.6 Å². The molecular formula is C22H29NO5. The molecule has 6 heteroatoms. The summed E-state index contributed by atoms with van der Waals surface area (Å²) >= 11 is 0. The van der Waals surface area contributed by atoms with Crippen molar-refractivity contribution >= 4 is 11.8 Å². The predicted molar refractivity (Wildman–Crippen MR) is 105 cm³/mol. The molecule has 2 aliphatic rings. The Morgan fingerprint density at radius 2 is 1.86 bits per heavy atom. The van der Waals surface area contributed by atoms with E-state index in [-0.39, 0.29) is 17.8 Å². The zero-order valence-electron chi connectivity index (χ0n) is 17.0. The lowest BCUT2D eigenvalue weighted by Gasteiger charge is -2.42. The van der Waals surface area contributed by atoms with E-state index in [0.717, 1.165) is 11.3 Å². The summed E-state index contributed by atoms with van der Waals surface area (Å²) in [5.74, 6) is -0.364. The highest BCUT2D eigenvalue weighted by atomic mass is 16.5. The van der Waals surface area contributed by atoms with Gasteiger partial charge in [-0.3, -0.25) is 15.3 Å². The van der Waals surface area contributed by atoms with Crippen molar-refractivity contribution in [2.75, 3.05) is 13.2 Å². The molecule has 0 bridgehead atoms. The fourth-order valence-electron chi connectivity index (χ4n) is 4.16. The summed E-state index contributed by atoms with van der Waals surface area (Å²) in [5.41, 5.74) is 7.46. The molecule has 0 fully saturated rings. The number of carbonyl (C=O) groups is 2. The molecule has 0 radical (unpaired) electrons. The summed E-state index contributed by atoms with van der Waals surface area (Å²) in [6, 6.07) is 7.47. The van der Waals surface area contributed by atoms with Crippen molar-refractivity contribution in [1.29, 1.82) is 0 Å². The van der Waals surface area contributed by atoms with E-state index in [1.807, 2.05) is 45.0 Å². The maximum atomic E-state index is 13.1. The van der Waals surface area contributed by atoms with Crippen molar-refractivity contribution in [2.45, 2.75) is 52.7 Å². The van der Waals surface area contributed by atoms with Gasteiger partial charge in [-0.1, -0.05) is 26.0 Å². The Morgan fingerprint density at radius 1 is 1.18 bits per heavy atom. The lowest BCUT2D eigenvalue weighted by Crippen LogP contribution is -2.48. The van der Waals surface area contributed by atoms with Crippen LogP contribution < -0.4 is 10.5 Å². The molecule has 3 atom stereocenters. The molecule has 28 heavy (non-hydrogen) atoms. The molecule has 0 spiro atoms. The number of Topliss-reactive ketones (excluding diaryl/α,β-unsaturated/α-hetero) is 1. The van der Waals surface area contributed by atoms with Crippen molar-refractivity contribution in [2.24, 2.45) is 17.1 Å². The number of nitrogens with two attached hydrogens (primary N) is 1. The van der Waals surface area contributed by atoms with Gasteiger partial charge in [-0.15, -0.1) is 0 Å². The molecule has 0 aromatic heterocycles. The van der Waals surface area contributed by atoms with Crippen LogP contribution in [0.2, 0.25) is 0 Å². The van der Waals surface area contributed by atoms with Crippen molar-refractivity contribution in [1.82, 2.24) is 0 Å². The number of ketones is 1. The van der Waals surface area contributed by atoms with Gasteiger partial charge in [-0.05, 0) is 37.0 Å². The van der Waals surface area contributed by atoms with Crippen molar-refractivity contribution in [3.05, 3.63) is 41.2 Å². The van der Waals surface area contributed by atoms with Crippen molar-refractivity contribution < 1.29 is 23.8 Å². The molecule has 6 nitrogen and oxygen atoms in total. The molecule has 0 saturated heterocycles. The number of rotatable bonds is 5. The van der Waals surface area contributed by atoms with E-state index < -0.39 is 24.0 Å². The van der Waals surface area contributed by atoms with Gasteiger partial charge in [-0.2, -0.15) is 0 Å². The fourth-order valence-corrected chi connectivity index (χ4v) is 4.16. The number of esters is 1. The van der Waals surface area contributed by atoms with Gasteiger partial charge in [0.2, 0.25) is 0 Å². The van der Waals surface area contributed by atoms with E-state index >= 15 is 0 Å². The second-order valence-electron chi connectivity index (χ2n) is 8.12. The fraction of sp³-hybridized carbons (Fsp3) is 0.545. The van der Waals surface area contributed by atoms with Gasteiger partial charge in [0.25, 0.3) is 0 Å². The van der Waals surface area contributed by atoms with E-state index in [0.29, 0.717) is 30.8 Å². The average Bonchev–Trinajstić information content (AvgIpc) is 2.60. The topological polar surface area (TPSA) is 87.9 Å². The highest BCUT2D eigenvalue weighted by molar-refractivity contribution is 6.00. The Balaban J connectivity index is 2.09. The Labute approximate surface area is 166 Å². The minimum atomic E-state index is -0.865. The van der Waals surface area contributed by atoms with Crippen molar-refractivity contribution in [3.8, 4) is 5.75 Å². The number of carbonyl (C=O) groups excluding carboxylic acids is 2. The normalized spacial score (nSPS) is 26.3. The lowest BCUT2D eigenvalue weighted by atomic mass is 9.68. The summed E-state index contributed by atoms with van der Waals surface area (Å²) in [6.07, 6.45) is 0.161. The number of ether oxygens (including phenoxy) is 3. The minimum Gasteiger partial charge on any atom is -0.494 e. The number of hydrogen-bond donors (Lipinski definition) is 1. The summed E-state index contributed by atoms with van der Waals surface area (Å²) < 4.78 is 16.7. The summed E-state index contributed by atoms with van der Waals surface area (Å²) in [5, 5.41) is 0. The summed E-state index contributed by atoms with van der Waals surface area (Å²) in [7, 11) is 0. The highest BCUT2D eigenvalue weighted by Crippen LogP contribution is 2.49. The van der Waals surface area contributed by atoms with Gasteiger partial charge in [0.15, 0.2) is 12.0 Å². The van der Waals surface area contributed by atoms with Crippen LogP contribution in [-0.2, 0) is 19.1 Å². The molecule has 1 aromatic rings. The number of hydrogen-bond acceptors (Lipinski definition) is 6. The van der Waals surface area contributed by atoms with Gasteiger partial charge in [-0.25, -0.2) is 0 Å². The van der Waals surface area contributed by atoms with Crippen LogP contribution in [0.1, 0.15) is 52.0 Å². The zero-order valence-corrected chi connectivity index (χ0v) is 17.0. The molecule has 0 unspecified atom stereocenters. The van der Waals surface area contributed by atoms with E-state index in [2.05, 4.69) is 0 Å². The standard InChI is InChI=1S/C22H29NO5/c1-5-26-14-9-7-13(8-10-14)17-18-15(24)11-22(3,4)12-16(18)28-20(23)19(17)21(25)27-6-2/h7-10,17,19-20H,5-6,11-12,23H2,1-4H3/t17-,19-,20+/m0/s1. The van der Waals surface area contributed by atoms with Crippen LogP contribution >= 0.6 is 0 Å². The van der Waals surface area contributed by atoms with Crippen molar-refractivity contribution in [3.63, 3.8) is 0 Å². The maximum absolute atomic E-state index is 13.1. The second kappa shape index (κ2) is 7.95. The SMILES string of the molecule is CCOC(=O)[C@@H]1[C@H](N)OC2=C(C(=O)CC(C)(C)C2)[C@@H]1c1ccc(OCC)cc1. The summed E-state index contributed by atoms with van der Waals surface area (Å²) in [6.45, 7) is 8.54. The van der Waals surface area contributed by atoms with E-state index in [9.17, 15) is 9.59 Å². The Morgan fingerprint density at radius 3 is 2.46 bits per heavy atom. The number of benzene rings is 1. The average molecular weight is 387 g/mol. The maximum Gasteiger partial charge on any atom is 0.315 e. The summed E-state index contributed by atoms with van der Waals surface area (Å²) in [4.78, 5) is 25.8. The molecule has 1 aliphatic carbocycles. The smallest absolute Gasteiger partial charge is 0.315 e. The first-order chi connectivity index (χ1) is 13.3. The molecule has 0 amide bonds. The van der Waals surface area contributed by atoms with Crippen LogP contribution in [0, 0.1) is 11.3 Å². The highest BCUT2D eigenvalue weighted by Gasteiger charge is 2.49. The first kappa shape index (κ1) is 20.4. The van der Waals surface area contributed by atoms with Gasteiger partial charge in [0, 0.05) is 24.3 Å². The van der Waals surface area contributed by atoms with E-state index in [4.69, 9.17) is 19.9 Å². The largest absolute Gasteiger partial charge is 0.494 e. The monoisotopic (exact) mass is 387 g/mol. The molecule has 2 N–H and O–H groups in total. The Hall–Kier alpha value is -2.34. The molecule has 152 valence electrons. The second-order valence-corrected chi connectivity index (χ2v) is 8.12. The number of allylic oxidation sites excluding steroid dienone is 2. The van der Waals surface area contributed by atoms with Crippen LogP contribution in [0.5, 0.6) is 5.75 Å². The molecule has 1 heterocycles. The third-order valence-corrected chi connectivity index (χ3v) is 5.29. The van der Waals surface area contributed by atoms with Crippen LogP contribution in [-0.4, -0.2) is 31.2 Å². The van der Waals surface area contributed by atoms with Gasteiger partial charge in [0.1, 0.15) is 17.4 Å². The minimum absolute atomic E-state index is 0.00586. The van der Waals surface area contributed by atoms with Gasteiger partial charge >= 0.3 is 5.97 Å². The molecule has 1 aliphatic heterocycles. The van der Waals surface area contributed by atoms with Gasteiger partial charge in [0.05, 0.1) is 13.2 Å². The van der Waals surface area contributed by atoms with Crippen LogP contribution in [0.3, 0.4) is 0 Å². The lowest BCUT2D eigenvalue weighted by molar-refractivity contribution is -0.155. The molecule has 3 rings (SSSR count). The van der Waals surface area contributed by atoms with E-state index in [1.165, 1.54) is 0 Å². The third kappa shape index (κ3) is 3.92. The zero-order chi connectivity index (χ0) is 20.5. The first-order valence-electron chi connectivity index (χ1n) is 9.85. The first-order valence-corrected chi connectivity index (χ1v) is 9.85. The Kier molecular flexibility index (Phi) is 5.79. The Bertz CT molecular complexity index is 781. The molecule has 0 saturated carbocycles. The van der Waals surface area contributed by atoms with Gasteiger partial charge < -0.3 is 14.2 Å². The molecular weight excluding hydrogens is 358 g/mol. The van der Waals surface area contributed by atoms with E-state index in [1.54, 1.807) is 6.92 Å². The molecule has 1 aromatic carbocycles. The van der Waals surface area contributed by atoms with Crippen LogP contribution in [0.4, 0.5) is 0 Å². The quantitative estimate of drug-likeness (QED) is 0.780.